The van der Waals surface area contributed by atoms with Crippen LogP contribution < -0.4 is 114 Å². The molecule has 0 aliphatic carbocycles. The van der Waals surface area contributed by atoms with Crippen molar-refractivity contribution in [3.63, 3.8) is 0 Å². The minimum atomic E-state index is -2.00. The van der Waals surface area contributed by atoms with E-state index in [0.29, 0.717) is 17.5 Å². The Morgan fingerprint density at radius 1 is 0.316 bits per heavy atom. The van der Waals surface area contributed by atoms with Gasteiger partial charge in [0.05, 0.1) is 31.8 Å². The number of carboxylic acids is 4. The molecule has 2 aromatic rings. The zero-order valence-corrected chi connectivity index (χ0v) is 78.1. The van der Waals surface area contributed by atoms with Gasteiger partial charge in [-0.2, -0.15) is 0 Å². The van der Waals surface area contributed by atoms with Crippen molar-refractivity contribution in [2.75, 3.05) is 39.4 Å². The Morgan fingerprint density at radius 2 is 0.610 bits per heavy atom. The summed E-state index contributed by atoms with van der Waals surface area (Å²) in [5.74, 6) is -25.4. The van der Waals surface area contributed by atoms with Gasteiger partial charge in [0.25, 0.3) is 0 Å². The van der Waals surface area contributed by atoms with Crippen LogP contribution in [0.5, 0.6) is 0 Å². The quantitative estimate of drug-likeness (QED) is 0.0274. The number of aliphatic carboxylic acids is 4. The second kappa shape index (κ2) is 64.5. The molecule has 34 N–H and O–H groups in total. The Hall–Kier alpha value is -12.5. The van der Waals surface area contributed by atoms with Crippen molar-refractivity contribution in [3.8, 4) is 0 Å². The number of primary amides is 1. The van der Waals surface area contributed by atoms with Crippen molar-refractivity contribution in [3.05, 3.63) is 71.8 Å². The SMILES string of the molecule is CC[C@H](C)[C@H](NC(=O)[C@H](CCCCN)NC(=O)[C@H](CC(C)C)NC(=O)[C@H](CCCCN)NC(=O)[C@H](CCC(=O)O)NC(=O)[C@H](CCCCN)NC(=O)[C@@H](NC(=O)[C@H](CCCCN)NC(=O)[C@H](CCC(N)=O)NC(=O)[C@H](Cc1ccccc1)NC(=O)[C@@H](NC(=O)[C@H](CCC(=O)O)NC(=O)[C@H](CO)NC(=O)[C@@H](N)Cc1ccccc1)[C@@H](C)O)C(C)C)C(=O)N[C@@H](CC(=O)O)C(=O)N[C@@H](CO)C(=O)O. The summed E-state index contributed by atoms with van der Waals surface area (Å²) in [6.07, 6.45) is -5.96. The van der Waals surface area contributed by atoms with Crippen LogP contribution in [0.25, 0.3) is 0 Å². The maximum absolute atomic E-state index is 14.8. The van der Waals surface area contributed by atoms with Gasteiger partial charge >= 0.3 is 23.9 Å². The van der Waals surface area contributed by atoms with Crippen LogP contribution in [0, 0.1) is 17.8 Å². The zero-order chi connectivity index (χ0) is 102. The van der Waals surface area contributed by atoms with E-state index in [0.717, 1.165) is 6.92 Å². The summed E-state index contributed by atoms with van der Waals surface area (Å²) >= 11 is 0. The van der Waals surface area contributed by atoms with Gasteiger partial charge in [0.15, 0.2) is 0 Å². The summed E-state index contributed by atoms with van der Waals surface area (Å²) in [5, 5.41) is 106. The zero-order valence-electron chi connectivity index (χ0n) is 78.1. The first-order valence-corrected chi connectivity index (χ1v) is 45.6. The highest BCUT2D eigenvalue weighted by atomic mass is 16.4. The van der Waals surface area contributed by atoms with Crippen molar-refractivity contribution in [2.24, 2.45) is 52.2 Å². The number of hydrogen-bond donors (Lipinski definition) is 28. The normalized spacial score (nSPS) is 15.2. The molecule has 136 heavy (non-hydrogen) atoms. The number of carbonyl (C=O) groups is 20. The summed E-state index contributed by atoms with van der Waals surface area (Å²) in [4.78, 5) is 275. The summed E-state index contributed by atoms with van der Waals surface area (Å²) < 4.78 is 0. The van der Waals surface area contributed by atoms with E-state index in [1.165, 1.54) is 20.8 Å². The Balaban J connectivity index is 2.62. The van der Waals surface area contributed by atoms with Crippen LogP contribution in [0.4, 0.5) is 0 Å². The van der Waals surface area contributed by atoms with Crippen molar-refractivity contribution < 1.29 is 132 Å². The van der Waals surface area contributed by atoms with Crippen LogP contribution in [0.3, 0.4) is 0 Å². The molecule has 18 atom stereocenters. The Kier molecular flexibility index (Phi) is 56.7. The number of benzene rings is 2. The molecule has 2 rings (SSSR count). The lowest BCUT2D eigenvalue weighted by Crippen LogP contribution is -2.62. The highest BCUT2D eigenvalue weighted by Gasteiger charge is 2.41. The van der Waals surface area contributed by atoms with E-state index in [2.05, 4.69) is 74.4 Å². The highest BCUT2D eigenvalue weighted by Crippen LogP contribution is 2.18. The van der Waals surface area contributed by atoms with Crippen LogP contribution in [-0.2, 0) is 109 Å². The van der Waals surface area contributed by atoms with Crippen LogP contribution in [-0.4, -0.2) is 296 Å². The third kappa shape index (κ3) is 45.7. The smallest absolute Gasteiger partial charge is 0.328 e. The van der Waals surface area contributed by atoms with E-state index in [1.807, 2.05) is 5.32 Å². The molecule has 16 amide bonds. The lowest BCUT2D eigenvalue weighted by atomic mass is 9.96. The minimum Gasteiger partial charge on any atom is -0.481 e. The number of carbonyl (C=O) groups excluding carboxylic acids is 16. The second-order valence-corrected chi connectivity index (χ2v) is 34.0. The first-order chi connectivity index (χ1) is 64.3. The average molecular weight is 1930 g/mol. The first kappa shape index (κ1) is 120. The molecule has 0 unspecified atom stereocenters. The number of nitrogens with two attached hydrogens (primary N) is 6. The number of aliphatic hydroxyl groups excluding tert-OH is 3. The second-order valence-electron chi connectivity index (χ2n) is 34.0. The molecule has 762 valence electrons. The predicted molar refractivity (Wildman–Crippen MR) is 491 cm³/mol. The Morgan fingerprint density at radius 3 is 0.963 bits per heavy atom. The molecule has 0 aliphatic heterocycles. The fourth-order valence-electron chi connectivity index (χ4n) is 13.8. The standard InChI is InChI=1S/C88H143N21O27/c1-8-49(6)71(86(133)104-63(44-69(118)119)83(130)106-65(46-111)88(135)136)108-79(126)57(30-18-22-40-92)97-81(128)61(41-47(2)3)102-75(122)54(27-15-19-37-89)95-77(124)59(32-35-67(114)115)98-74(121)55(28-16-20-38-90)101-85(132)70(48(4)5)107-78(125)56(29-17-21-39-91)96-76(123)58(31-34-66(94)113)99-82(129)62(43-52-25-13-10-14-26-52)103-87(134)72(50(7)112)109-80(127)60(33-36-68(116)117)100-84(131)64(45-110)105-73(120)53(93)42-51-23-11-9-12-24-51/h9-14,23-26,47-50,53-65,70-72,110-112H,8,15-22,27-46,89-93H2,1-7H3,(H2,94,113)(H,95,124)(H,96,123)(H,97,128)(H,98,121)(H,99,129)(H,100,131)(H,101,132)(H,102,122)(H,103,134)(H,104,133)(H,105,120)(H,106,130)(H,107,125)(H,108,126)(H,109,127)(H,114,115)(H,116,117)(H,118,119)(H,135,136)/t49-,50+,53-,54-,55-,56-,57-,58-,59-,60-,61-,62-,63-,64-,65-,70-,71-,72-/m0/s1. The lowest BCUT2D eigenvalue weighted by molar-refractivity contribution is -0.144. The van der Waals surface area contributed by atoms with E-state index in [-0.39, 0.29) is 128 Å². The van der Waals surface area contributed by atoms with Crippen molar-refractivity contribution >= 4 is 118 Å². The number of unbranched alkanes of at least 4 members (excludes halogenated alkanes) is 4. The maximum atomic E-state index is 14.8. The number of aliphatic hydroxyl groups is 3. The van der Waals surface area contributed by atoms with Crippen molar-refractivity contribution in [2.45, 2.75) is 299 Å². The Bertz CT molecular complexity index is 4230. The lowest BCUT2D eigenvalue weighted by Gasteiger charge is -2.30. The number of carboxylic acid groups (broad SMARTS) is 4. The summed E-state index contributed by atoms with van der Waals surface area (Å²) in [7, 11) is 0. The van der Waals surface area contributed by atoms with E-state index < -0.39 is 291 Å². The van der Waals surface area contributed by atoms with Gasteiger partial charge in [-0.05, 0) is 171 Å². The van der Waals surface area contributed by atoms with Gasteiger partial charge in [-0.25, -0.2) is 4.79 Å². The van der Waals surface area contributed by atoms with Gasteiger partial charge in [-0.1, -0.05) is 109 Å². The number of rotatable bonds is 70. The molecule has 2 aromatic carbocycles. The van der Waals surface area contributed by atoms with Gasteiger partial charge in [0.1, 0.15) is 90.6 Å². The molecule has 0 saturated carbocycles. The van der Waals surface area contributed by atoms with Gasteiger partial charge < -0.3 is 150 Å². The minimum absolute atomic E-state index is 0.0172. The molecular weight excluding hydrogens is 1780 g/mol. The third-order valence-corrected chi connectivity index (χ3v) is 21.8. The number of amides is 16. The summed E-state index contributed by atoms with van der Waals surface area (Å²) in [5.41, 5.74) is 36.1. The van der Waals surface area contributed by atoms with Crippen LogP contribution in [0.1, 0.15) is 194 Å². The molecule has 0 bridgehead atoms. The van der Waals surface area contributed by atoms with Crippen LogP contribution in [0.15, 0.2) is 60.7 Å². The molecule has 48 heteroatoms. The molecule has 0 aliphatic rings. The average Bonchev–Trinajstić information content (AvgIpc) is 0.846. The fraction of sp³-hybridized carbons (Fsp3) is 0.636. The van der Waals surface area contributed by atoms with Crippen LogP contribution >= 0.6 is 0 Å². The summed E-state index contributed by atoms with van der Waals surface area (Å²) in [6, 6.07) is -10.2. The van der Waals surface area contributed by atoms with Gasteiger partial charge in [0.2, 0.25) is 94.5 Å². The fourth-order valence-corrected chi connectivity index (χ4v) is 13.8. The topological polar surface area (TPSA) is 820 Å². The summed E-state index contributed by atoms with van der Waals surface area (Å²) in [6.45, 7) is 8.96. The largest absolute Gasteiger partial charge is 0.481 e. The molecule has 0 spiro atoms. The molecule has 0 saturated heterocycles. The number of nitrogens with one attached hydrogen (secondary N) is 15. The third-order valence-electron chi connectivity index (χ3n) is 21.8. The van der Waals surface area contributed by atoms with Crippen molar-refractivity contribution in [1.82, 2.24) is 79.8 Å². The number of hydrogen-bond acceptors (Lipinski definition) is 28. The van der Waals surface area contributed by atoms with Gasteiger partial charge in [0, 0.05) is 25.7 Å². The molecule has 0 fully saturated rings. The predicted octanol–water partition coefficient (Wildman–Crippen LogP) is -6.74. The van der Waals surface area contributed by atoms with E-state index >= 15 is 0 Å². The Labute approximate surface area is 788 Å². The van der Waals surface area contributed by atoms with Gasteiger partial charge in [-0.15, -0.1) is 0 Å². The maximum Gasteiger partial charge on any atom is 0.328 e. The van der Waals surface area contributed by atoms with E-state index in [9.17, 15) is 132 Å². The first-order valence-electron chi connectivity index (χ1n) is 45.6. The van der Waals surface area contributed by atoms with E-state index in [1.54, 1.807) is 81.4 Å². The van der Waals surface area contributed by atoms with Gasteiger partial charge in [-0.3, -0.25) is 91.1 Å². The molecule has 0 heterocycles. The molecule has 0 radical (unpaired) electrons. The van der Waals surface area contributed by atoms with Crippen molar-refractivity contribution in [1.29, 1.82) is 0 Å². The highest BCUT2D eigenvalue weighted by molar-refractivity contribution is 6.02. The van der Waals surface area contributed by atoms with E-state index in [4.69, 9.17) is 34.4 Å². The monoisotopic (exact) mass is 1930 g/mol. The van der Waals surface area contributed by atoms with Crippen LogP contribution in [0.2, 0.25) is 0 Å². The molecule has 48 nitrogen and oxygen atoms in total. The molecular formula is C88H143N21O27. The molecule has 0 aromatic heterocycles.